The Morgan fingerprint density at radius 3 is 2.57 bits per heavy atom. The SMILES string of the molecule is CCc1cc(OC(F)F)cc(C(C)C)c1NC(=O)N=[S-](=O)c1cnc(C(C)(C)O)s1. The normalized spacial score (nSPS) is 13.1. The molecule has 2 aromatic rings. The van der Waals surface area contributed by atoms with Crippen molar-refractivity contribution in [2.45, 2.75) is 63.4 Å². The van der Waals surface area contributed by atoms with Crippen molar-refractivity contribution in [1.82, 2.24) is 4.98 Å². The van der Waals surface area contributed by atoms with Crippen LogP contribution in [0.25, 0.3) is 0 Å². The fraction of sp³-hybridized carbons (Fsp3) is 0.474. The van der Waals surface area contributed by atoms with Gasteiger partial charge in [0.1, 0.15) is 16.4 Å². The number of nitrogens with zero attached hydrogens (tertiary/aromatic N) is 2. The molecule has 166 valence electrons. The number of urea groups is 1. The van der Waals surface area contributed by atoms with Gasteiger partial charge < -0.3 is 23.7 Å². The minimum Gasteiger partial charge on any atom is -0.439 e. The number of anilines is 1. The van der Waals surface area contributed by atoms with Crippen molar-refractivity contribution in [2.24, 2.45) is 4.36 Å². The number of alkyl halides is 2. The first-order valence-electron chi connectivity index (χ1n) is 9.17. The van der Waals surface area contributed by atoms with Crippen LogP contribution in [0.5, 0.6) is 5.75 Å². The third kappa shape index (κ3) is 6.19. The molecule has 2 N–H and O–H groups in total. The highest BCUT2D eigenvalue weighted by Gasteiger charge is 2.19. The summed E-state index contributed by atoms with van der Waals surface area (Å²) in [7, 11) is -2.01. The molecule has 0 bridgehead atoms. The van der Waals surface area contributed by atoms with E-state index >= 15 is 0 Å². The van der Waals surface area contributed by atoms with E-state index < -0.39 is 28.8 Å². The van der Waals surface area contributed by atoms with Crippen LogP contribution < -0.4 is 10.1 Å². The summed E-state index contributed by atoms with van der Waals surface area (Å²) in [5.74, 6) is -0.0963. The van der Waals surface area contributed by atoms with Crippen LogP contribution in [0.15, 0.2) is 26.9 Å². The second-order valence-corrected chi connectivity index (χ2v) is 9.66. The Hall–Kier alpha value is -2.11. The lowest BCUT2D eigenvalue weighted by molar-refractivity contribution is -0.0499. The molecule has 2 amide bonds. The van der Waals surface area contributed by atoms with Crippen LogP contribution in [0, 0.1) is 0 Å². The summed E-state index contributed by atoms with van der Waals surface area (Å²) in [5.41, 5.74) is 0.427. The number of carbonyl (C=O) groups excluding carboxylic acids is 1. The number of aryl methyl sites for hydroxylation is 1. The first-order valence-corrected chi connectivity index (χ1v) is 11.1. The highest BCUT2D eigenvalue weighted by molar-refractivity contribution is 7.78. The van der Waals surface area contributed by atoms with Crippen molar-refractivity contribution >= 4 is 33.7 Å². The van der Waals surface area contributed by atoms with Gasteiger partial charge in [0.25, 0.3) is 0 Å². The number of thiazole rings is 1. The number of amides is 2. The average Bonchev–Trinajstić information content (AvgIpc) is 3.12. The van der Waals surface area contributed by atoms with Crippen LogP contribution in [-0.2, 0) is 26.8 Å². The van der Waals surface area contributed by atoms with Crippen LogP contribution in [0.4, 0.5) is 19.3 Å². The fourth-order valence-corrected chi connectivity index (χ4v) is 4.34. The fourth-order valence-electron chi connectivity index (χ4n) is 2.63. The third-order valence-electron chi connectivity index (χ3n) is 4.03. The number of hydrogen-bond acceptors (Lipinski definition) is 7. The summed E-state index contributed by atoms with van der Waals surface area (Å²) in [4.78, 5) is 16.4. The Balaban J connectivity index is 2.34. The summed E-state index contributed by atoms with van der Waals surface area (Å²) in [6.45, 7) is 5.64. The largest absolute Gasteiger partial charge is 0.439 e. The zero-order valence-corrected chi connectivity index (χ0v) is 18.9. The van der Waals surface area contributed by atoms with Crippen LogP contribution in [0.1, 0.15) is 56.7 Å². The Labute approximate surface area is 179 Å². The lowest BCUT2D eigenvalue weighted by Gasteiger charge is -2.19. The molecule has 1 aromatic heterocycles. The van der Waals surface area contributed by atoms with Crippen molar-refractivity contribution in [3.63, 3.8) is 0 Å². The highest BCUT2D eigenvalue weighted by atomic mass is 32.2. The number of hydrogen-bond donors (Lipinski definition) is 2. The number of nitrogens with one attached hydrogen (secondary N) is 1. The molecule has 0 saturated heterocycles. The number of benzene rings is 1. The summed E-state index contributed by atoms with van der Waals surface area (Å²) < 4.78 is 46.0. The van der Waals surface area contributed by atoms with E-state index in [0.717, 1.165) is 11.3 Å². The van der Waals surface area contributed by atoms with Gasteiger partial charge in [-0.05, 0) is 53.7 Å². The number of aromatic nitrogens is 1. The van der Waals surface area contributed by atoms with E-state index in [9.17, 15) is 22.9 Å². The molecule has 0 unspecified atom stereocenters. The quantitative estimate of drug-likeness (QED) is 0.539. The minimum absolute atomic E-state index is 0.00729. The second kappa shape index (κ2) is 9.80. The van der Waals surface area contributed by atoms with Crippen molar-refractivity contribution in [1.29, 1.82) is 0 Å². The molecule has 11 heteroatoms. The standard InChI is InChI=1S/C19H24F2N3O4S2/c1-6-11-7-12(28-17(20)21)8-13(10(2)3)15(11)23-18(25)24-30(27)14-9-22-16(29-14)19(4,5)26/h7-10,17,26H,6H2,1-5H3,(H,23,25)/q-1. The molecule has 0 aliphatic rings. The molecule has 1 aromatic carbocycles. The van der Waals surface area contributed by atoms with Crippen LogP contribution in [-0.4, -0.2) is 22.7 Å². The van der Waals surface area contributed by atoms with Gasteiger partial charge >= 0.3 is 12.6 Å². The highest BCUT2D eigenvalue weighted by Crippen LogP contribution is 2.34. The summed E-state index contributed by atoms with van der Waals surface area (Å²) in [6.07, 6.45) is 1.75. The smallest absolute Gasteiger partial charge is 0.387 e. The topological polar surface area (TPSA) is 101 Å². The van der Waals surface area contributed by atoms with Gasteiger partial charge in [-0.1, -0.05) is 20.8 Å². The van der Waals surface area contributed by atoms with Gasteiger partial charge in [-0.3, -0.25) is 0 Å². The molecule has 0 radical (unpaired) electrons. The summed E-state index contributed by atoms with van der Waals surface area (Å²) >= 11 is 0.997. The summed E-state index contributed by atoms with van der Waals surface area (Å²) in [6, 6.07) is 2.04. The zero-order chi connectivity index (χ0) is 22.6. The Kier molecular flexibility index (Phi) is 7.89. The van der Waals surface area contributed by atoms with Crippen LogP contribution >= 0.6 is 11.3 Å². The minimum atomic E-state index is -2.96. The molecule has 0 aliphatic heterocycles. The monoisotopic (exact) mass is 460 g/mol. The van der Waals surface area contributed by atoms with Gasteiger partial charge in [0.15, 0.2) is 0 Å². The van der Waals surface area contributed by atoms with Gasteiger partial charge in [-0.15, -0.1) is 21.9 Å². The molecule has 0 atom stereocenters. The number of rotatable bonds is 7. The van der Waals surface area contributed by atoms with Crippen LogP contribution in [0.3, 0.4) is 0 Å². The van der Waals surface area contributed by atoms with E-state index in [1.54, 1.807) is 13.8 Å². The van der Waals surface area contributed by atoms with Gasteiger partial charge in [0, 0.05) is 11.9 Å². The number of ether oxygens (including phenoxy) is 1. The molecule has 0 fully saturated rings. The second-order valence-electron chi connectivity index (χ2n) is 7.25. The molecular formula is C19H24F2N3O4S2-. The molecular weight excluding hydrogens is 436 g/mol. The maximum absolute atomic E-state index is 12.6. The molecule has 2 rings (SSSR count). The van der Waals surface area contributed by atoms with Gasteiger partial charge in [0.05, 0.1) is 0 Å². The molecule has 0 aliphatic carbocycles. The lowest BCUT2D eigenvalue weighted by atomic mass is 9.96. The lowest BCUT2D eigenvalue weighted by Crippen LogP contribution is -2.14. The Morgan fingerprint density at radius 2 is 2.07 bits per heavy atom. The van der Waals surface area contributed by atoms with E-state index in [0.29, 0.717) is 28.2 Å². The van der Waals surface area contributed by atoms with Crippen molar-refractivity contribution in [3.8, 4) is 5.75 Å². The number of aliphatic hydroxyl groups is 1. The van der Waals surface area contributed by atoms with Crippen molar-refractivity contribution in [2.75, 3.05) is 5.32 Å². The van der Waals surface area contributed by atoms with Gasteiger partial charge in [-0.25, -0.2) is 9.78 Å². The third-order valence-corrected chi connectivity index (χ3v) is 6.59. The van der Waals surface area contributed by atoms with Crippen molar-refractivity contribution < 1.29 is 27.6 Å². The Morgan fingerprint density at radius 1 is 1.40 bits per heavy atom. The van der Waals surface area contributed by atoms with E-state index in [1.165, 1.54) is 18.3 Å². The zero-order valence-electron chi connectivity index (χ0n) is 17.2. The predicted octanol–water partition coefficient (Wildman–Crippen LogP) is 5.40. The molecule has 1 heterocycles. The van der Waals surface area contributed by atoms with Gasteiger partial charge in [0.2, 0.25) is 0 Å². The maximum atomic E-state index is 12.6. The predicted molar refractivity (Wildman–Crippen MR) is 112 cm³/mol. The summed E-state index contributed by atoms with van der Waals surface area (Å²) in [5, 5.41) is 12.9. The Bertz CT molecular complexity index is 994. The molecule has 30 heavy (non-hydrogen) atoms. The van der Waals surface area contributed by atoms with Crippen molar-refractivity contribution in [3.05, 3.63) is 34.5 Å². The van der Waals surface area contributed by atoms with Crippen LogP contribution in [0.2, 0.25) is 0 Å². The molecule has 7 nitrogen and oxygen atoms in total. The van der Waals surface area contributed by atoms with E-state index in [1.807, 2.05) is 20.8 Å². The number of carbonyl (C=O) groups is 1. The first-order chi connectivity index (χ1) is 13.9. The maximum Gasteiger partial charge on any atom is 0.387 e. The molecule has 0 saturated carbocycles. The molecule has 0 spiro atoms. The average molecular weight is 461 g/mol. The van der Waals surface area contributed by atoms with Gasteiger partial charge in [-0.2, -0.15) is 8.78 Å². The van der Waals surface area contributed by atoms with E-state index in [-0.39, 0.29) is 15.9 Å². The first kappa shape index (κ1) is 24.2. The van der Waals surface area contributed by atoms with E-state index in [4.69, 9.17) is 0 Å². The number of halogens is 2. The van der Waals surface area contributed by atoms with E-state index in [2.05, 4.69) is 19.4 Å².